The molecule has 1 rings (SSSR count). The molecule has 0 aliphatic heterocycles. The van der Waals surface area contributed by atoms with E-state index in [9.17, 15) is 4.79 Å². The molecule has 1 aromatic carbocycles. The summed E-state index contributed by atoms with van der Waals surface area (Å²) in [4.78, 5) is 19.7. The molecule has 23 heavy (non-hydrogen) atoms. The fourth-order valence-corrected chi connectivity index (χ4v) is 2.15. The Labute approximate surface area is 161 Å². The van der Waals surface area contributed by atoms with Gasteiger partial charge in [-0.15, -0.1) is 24.0 Å². The predicted octanol–water partition coefficient (Wildman–Crippen LogP) is 2.83. The number of halogens is 2. The Balaban J connectivity index is 0.00000484. The van der Waals surface area contributed by atoms with Gasteiger partial charge in [-0.3, -0.25) is 9.79 Å². The highest BCUT2D eigenvalue weighted by Gasteiger charge is 2.08. The highest BCUT2D eigenvalue weighted by molar-refractivity contribution is 14.0. The van der Waals surface area contributed by atoms with Gasteiger partial charge in [-0.2, -0.15) is 0 Å². The maximum atomic E-state index is 11.6. The molecule has 0 spiro atoms. The SMILES string of the molecule is CCNC(=NCCC(=O)N(C)C)N(C)Cc1cccc(Cl)c1.I. The second kappa shape index (κ2) is 11.5. The number of carbonyl (C=O) groups excluding carboxylic acids is 1. The molecule has 130 valence electrons. The van der Waals surface area contributed by atoms with E-state index < -0.39 is 0 Å². The molecule has 0 aromatic heterocycles. The van der Waals surface area contributed by atoms with Crippen LogP contribution in [0.1, 0.15) is 18.9 Å². The van der Waals surface area contributed by atoms with E-state index in [-0.39, 0.29) is 29.9 Å². The molecular weight excluding hydrogens is 427 g/mol. The van der Waals surface area contributed by atoms with Crippen molar-refractivity contribution in [1.29, 1.82) is 0 Å². The van der Waals surface area contributed by atoms with E-state index >= 15 is 0 Å². The summed E-state index contributed by atoms with van der Waals surface area (Å²) in [6, 6.07) is 7.77. The summed E-state index contributed by atoms with van der Waals surface area (Å²) >= 11 is 6.01. The van der Waals surface area contributed by atoms with E-state index in [4.69, 9.17) is 11.6 Å². The summed E-state index contributed by atoms with van der Waals surface area (Å²) in [5, 5.41) is 3.96. The average Bonchev–Trinajstić information content (AvgIpc) is 2.46. The van der Waals surface area contributed by atoms with Gasteiger partial charge < -0.3 is 15.1 Å². The normalized spacial score (nSPS) is 10.7. The maximum Gasteiger partial charge on any atom is 0.223 e. The molecule has 0 aliphatic rings. The number of hydrogen-bond acceptors (Lipinski definition) is 2. The molecule has 1 amide bonds. The molecule has 7 heteroatoms. The second-order valence-corrected chi connectivity index (χ2v) is 5.70. The van der Waals surface area contributed by atoms with Gasteiger partial charge in [0.25, 0.3) is 0 Å². The van der Waals surface area contributed by atoms with Gasteiger partial charge >= 0.3 is 0 Å². The minimum Gasteiger partial charge on any atom is -0.357 e. The van der Waals surface area contributed by atoms with Gasteiger partial charge in [0.1, 0.15) is 0 Å². The van der Waals surface area contributed by atoms with E-state index in [1.54, 1.807) is 19.0 Å². The molecule has 0 bridgehead atoms. The van der Waals surface area contributed by atoms with Crippen LogP contribution in [0.4, 0.5) is 0 Å². The largest absolute Gasteiger partial charge is 0.357 e. The van der Waals surface area contributed by atoms with Crippen LogP contribution in [0.5, 0.6) is 0 Å². The summed E-state index contributed by atoms with van der Waals surface area (Å²) in [6.07, 6.45) is 0.410. The number of amides is 1. The molecule has 0 unspecified atom stereocenters. The van der Waals surface area contributed by atoms with Crippen molar-refractivity contribution in [2.75, 3.05) is 34.2 Å². The van der Waals surface area contributed by atoms with Gasteiger partial charge in [0, 0.05) is 45.7 Å². The molecular formula is C16H26ClIN4O. The lowest BCUT2D eigenvalue weighted by Gasteiger charge is -2.22. The number of aliphatic imine (C=N–C) groups is 1. The Hall–Kier alpha value is -1.02. The van der Waals surface area contributed by atoms with Crippen LogP contribution in [0.15, 0.2) is 29.3 Å². The highest BCUT2D eigenvalue weighted by atomic mass is 127. The van der Waals surface area contributed by atoms with Crippen molar-refractivity contribution in [2.45, 2.75) is 19.9 Å². The van der Waals surface area contributed by atoms with Crippen LogP contribution in [-0.2, 0) is 11.3 Å². The van der Waals surface area contributed by atoms with Crippen molar-refractivity contribution in [3.63, 3.8) is 0 Å². The van der Waals surface area contributed by atoms with Crippen molar-refractivity contribution < 1.29 is 4.79 Å². The molecule has 5 nitrogen and oxygen atoms in total. The van der Waals surface area contributed by atoms with Crippen LogP contribution in [0.25, 0.3) is 0 Å². The first-order valence-electron chi connectivity index (χ1n) is 7.38. The van der Waals surface area contributed by atoms with Crippen molar-refractivity contribution in [3.05, 3.63) is 34.9 Å². The van der Waals surface area contributed by atoms with Gasteiger partial charge in [-0.25, -0.2) is 0 Å². The zero-order valence-corrected chi connectivity index (χ0v) is 17.3. The highest BCUT2D eigenvalue weighted by Crippen LogP contribution is 2.12. The predicted molar refractivity (Wildman–Crippen MR) is 108 cm³/mol. The summed E-state index contributed by atoms with van der Waals surface area (Å²) in [5.41, 5.74) is 1.12. The fraction of sp³-hybridized carbons (Fsp3) is 0.500. The molecule has 0 radical (unpaired) electrons. The Morgan fingerprint density at radius 1 is 1.30 bits per heavy atom. The lowest BCUT2D eigenvalue weighted by molar-refractivity contribution is -0.128. The number of rotatable bonds is 6. The van der Waals surface area contributed by atoms with E-state index in [0.717, 1.165) is 23.1 Å². The third-order valence-corrected chi connectivity index (χ3v) is 3.33. The van der Waals surface area contributed by atoms with E-state index in [1.165, 1.54) is 0 Å². The molecule has 0 saturated carbocycles. The minimum atomic E-state index is 0. The first-order valence-corrected chi connectivity index (χ1v) is 7.76. The van der Waals surface area contributed by atoms with Crippen LogP contribution in [0.3, 0.4) is 0 Å². The van der Waals surface area contributed by atoms with Gasteiger partial charge in [-0.05, 0) is 24.6 Å². The van der Waals surface area contributed by atoms with Crippen LogP contribution < -0.4 is 5.32 Å². The second-order valence-electron chi connectivity index (χ2n) is 5.26. The zero-order valence-electron chi connectivity index (χ0n) is 14.2. The minimum absolute atomic E-state index is 0. The van der Waals surface area contributed by atoms with Crippen LogP contribution >= 0.6 is 35.6 Å². The quantitative estimate of drug-likeness (QED) is 0.410. The number of benzene rings is 1. The van der Waals surface area contributed by atoms with E-state index in [0.29, 0.717) is 19.5 Å². The third-order valence-electron chi connectivity index (χ3n) is 3.09. The zero-order chi connectivity index (χ0) is 16.5. The lowest BCUT2D eigenvalue weighted by Crippen LogP contribution is -2.38. The molecule has 0 heterocycles. The average molecular weight is 453 g/mol. The lowest BCUT2D eigenvalue weighted by atomic mass is 10.2. The van der Waals surface area contributed by atoms with Gasteiger partial charge in [-0.1, -0.05) is 23.7 Å². The molecule has 0 atom stereocenters. The summed E-state index contributed by atoms with van der Waals surface area (Å²) in [6.45, 7) is 3.97. The summed E-state index contributed by atoms with van der Waals surface area (Å²) in [5.74, 6) is 0.867. The molecule has 0 fully saturated rings. The fourth-order valence-electron chi connectivity index (χ4n) is 1.93. The molecule has 0 aliphatic carbocycles. The van der Waals surface area contributed by atoms with Crippen molar-refractivity contribution >= 4 is 47.4 Å². The van der Waals surface area contributed by atoms with Crippen LogP contribution in [0, 0.1) is 0 Å². The Kier molecular flexibility index (Phi) is 11.0. The topological polar surface area (TPSA) is 47.9 Å². The van der Waals surface area contributed by atoms with Gasteiger partial charge in [0.2, 0.25) is 5.91 Å². The Morgan fingerprint density at radius 3 is 2.57 bits per heavy atom. The maximum absolute atomic E-state index is 11.6. The molecule has 1 N–H and O–H groups in total. The number of nitrogens with zero attached hydrogens (tertiary/aromatic N) is 3. The molecule has 0 saturated heterocycles. The van der Waals surface area contributed by atoms with Crippen LogP contribution in [0.2, 0.25) is 5.02 Å². The van der Waals surface area contributed by atoms with E-state index in [1.807, 2.05) is 43.1 Å². The number of nitrogens with one attached hydrogen (secondary N) is 1. The van der Waals surface area contributed by atoms with Crippen molar-refractivity contribution in [3.8, 4) is 0 Å². The van der Waals surface area contributed by atoms with E-state index in [2.05, 4.69) is 10.3 Å². The van der Waals surface area contributed by atoms with Crippen molar-refractivity contribution in [1.82, 2.24) is 15.1 Å². The third kappa shape index (κ3) is 8.41. The number of carbonyl (C=O) groups is 1. The smallest absolute Gasteiger partial charge is 0.223 e. The first-order chi connectivity index (χ1) is 10.4. The number of guanidine groups is 1. The van der Waals surface area contributed by atoms with Crippen LogP contribution in [-0.4, -0.2) is 55.9 Å². The standard InChI is InChI=1S/C16H25ClN4O.HI/c1-5-18-16(19-10-9-15(22)20(2)3)21(4)12-13-7-6-8-14(17)11-13;/h6-8,11H,5,9-10,12H2,1-4H3,(H,18,19);1H. The Bertz CT molecular complexity index is 523. The van der Waals surface area contributed by atoms with Crippen molar-refractivity contribution in [2.24, 2.45) is 4.99 Å². The van der Waals surface area contributed by atoms with Gasteiger partial charge in [0.15, 0.2) is 5.96 Å². The summed E-state index contributed by atoms with van der Waals surface area (Å²) < 4.78 is 0. The number of hydrogen-bond donors (Lipinski definition) is 1. The van der Waals surface area contributed by atoms with Gasteiger partial charge in [0.05, 0.1) is 6.54 Å². The monoisotopic (exact) mass is 452 g/mol. The Morgan fingerprint density at radius 2 is 2.00 bits per heavy atom. The summed E-state index contributed by atoms with van der Waals surface area (Å²) in [7, 11) is 5.47. The molecule has 1 aromatic rings. The first kappa shape index (κ1) is 22.0.